The first kappa shape index (κ1) is 16.6. The van der Waals surface area contributed by atoms with Gasteiger partial charge in [0.05, 0.1) is 5.69 Å². The molecule has 1 heterocycles. The fraction of sp³-hybridized carbons (Fsp3) is 0.273. The summed E-state index contributed by atoms with van der Waals surface area (Å²) < 4.78 is 6.08. The largest absolute Gasteiger partial charge is 0.455 e. The second-order valence-electron chi connectivity index (χ2n) is 6.82. The second-order valence-corrected chi connectivity index (χ2v) is 6.82. The number of amides is 2. The number of hydrogen-bond acceptors (Lipinski definition) is 3. The molecule has 26 heavy (non-hydrogen) atoms. The van der Waals surface area contributed by atoms with E-state index < -0.39 is 0 Å². The molecule has 2 aromatic rings. The van der Waals surface area contributed by atoms with E-state index in [0.717, 1.165) is 10.6 Å². The summed E-state index contributed by atoms with van der Waals surface area (Å²) in [5.41, 5.74) is 1.77. The third-order valence-corrected chi connectivity index (χ3v) is 5.08. The minimum absolute atomic E-state index is 0.345. The summed E-state index contributed by atoms with van der Waals surface area (Å²) in [6.45, 7) is 0. The smallest absolute Gasteiger partial charge is 0.258 e. The Hall–Kier alpha value is -2.88. The van der Waals surface area contributed by atoms with Crippen LogP contribution in [0.3, 0.4) is 0 Å². The quantitative estimate of drug-likeness (QED) is 0.735. The van der Waals surface area contributed by atoms with E-state index in [0.29, 0.717) is 17.4 Å². The number of anilines is 1. The predicted octanol–water partition coefficient (Wildman–Crippen LogP) is 4.96. The van der Waals surface area contributed by atoms with Crippen LogP contribution < -0.4 is 9.64 Å². The third-order valence-electron chi connectivity index (χ3n) is 5.08. The monoisotopic (exact) mass is 347 g/mol. The Bertz CT molecular complexity index is 847. The molecule has 132 valence electrons. The zero-order chi connectivity index (χ0) is 17.9. The maximum atomic E-state index is 12.0. The summed E-state index contributed by atoms with van der Waals surface area (Å²) in [6, 6.07) is 15.3. The number of hydrogen-bond donors (Lipinski definition) is 0. The van der Waals surface area contributed by atoms with E-state index in [4.69, 9.17) is 4.74 Å². The van der Waals surface area contributed by atoms with Crippen LogP contribution in [0.1, 0.15) is 43.6 Å². The molecule has 4 heteroatoms. The maximum absolute atomic E-state index is 12.0. The molecule has 2 aromatic carbocycles. The molecule has 0 radical (unpaired) electrons. The van der Waals surface area contributed by atoms with Crippen molar-refractivity contribution in [2.75, 3.05) is 4.90 Å². The molecule has 0 N–H and O–H groups in total. The standard InChI is InChI=1S/C22H21NO3/c24-21-13-14-22(25)23(21)19-11-4-5-12-20(19)26-18-10-6-9-17(15-18)16-7-2-1-3-8-16/h4-6,9-16H,1-3,7-8H2. The van der Waals surface area contributed by atoms with Crippen molar-refractivity contribution in [1.29, 1.82) is 0 Å². The minimum Gasteiger partial charge on any atom is -0.455 e. The second kappa shape index (κ2) is 7.16. The van der Waals surface area contributed by atoms with E-state index in [2.05, 4.69) is 12.1 Å². The number of rotatable bonds is 4. The number of carbonyl (C=O) groups is 2. The van der Waals surface area contributed by atoms with Gasteiger partial charge in [0.1, 0.15) is 5.75 Å². The summed E-state index contributed by atoms with van der Waals surface area (Å²) in [4.78, 5) is 25.2. The number of imide groups is 1. The number of para-hydroxylation sites is 2. The molecule has 4 nitrogen and oxygen atoms in total. The van der Waals surface area contributed by atoms with Crippen LogP contribution in [0.25, 0.3) is 0 Å². The van der Waals surface area contributed by atoms with Gasteiger partial charge in [-0.2, -0.15) is 0 Å². The first-order valence-corrected chi connectivity index (χ1v) is 9.15. The molecule has 1 aliphatic heterocycles. The zero-order valence-electron chi connectivity index (χ0n) is 14.6. The molecule has 0 atom stereocenters. The maximum Gasteiger partial charge on any atom is 0.258 e. The molecule has 4 rings (SSSR count). The van der Waals surface area contributed by atoms with Crippen LogP contribution in [-0.2, 0) is 9.59 Å². The first-order chi connectivity index (χ1) is 12.7. The fourth-order valence-electron chi connectivity index (χ4n) is 3.76. The van der Waals surface area contributed by atoms with Crippen molar-refractivity contribution in [3.05, 3.63) is 66.2 Å². The minimum atomic E-state index is -0.345. The Morgan fingerprint density at radius 3 is 2.35 bits per heavy atom. The van der Waals surface area contributed by atoms with Gasteiger partial charge in [-0.15, -0.1) is 0 Å². The van der Waals surface area contributed by atoms with E-state index in [1.165, 1.54) is 49.8 Å². The van der Waals surface area contributed by atoms with Crippen molar-refractivity contribution in [1.82, 2.24) is 0 Å². The topological polar surface area (TPSA) is 46.6 Å². The molecule has 1 aliphatic carbocycles. The first-order valence-electron chi connectivity index (χ1n) is 9.15. The van der Waals surface area contributed by atoms with Crippen LogP contribution in [0.2, 0.25) is 0 Å². The molecule has 1 saturated carbocycles. The average Bonchev–Trinajstić information content (AvgIpc) is 3.01. The van der Waals surface area contributed by atoms with E-state index >= 15 is 0 Å². The molecule has 2 amide bonds. The van der Waals surface area contributed by atoms with Crippen LogP contribution in [-0.4, -0.2) is 11.8 Å². The average molecular weight is 347 g/mol. The van der Waals surface area contributed by atoms with Crippen LogP contribution in [0.15, 0.2) is 60.7 Å². The van der Waals surface area contributed by atoms with Crippen LogP contribution in [0.5, 0.6) is 11.5 Å². The van der Waals surface area contributed by atoms with Gasteiger partial charge in [-0.3, -0.25) is 9.59 Å². The fourth-order valence-corrected chi connectivity index (χ4v) is 3.76. The highest BCUT2D eigenvalue weighted by Gasteiger charge is 2.27. The Balaban J connectivity index is 1.60. The molecule has 1 fully saturated rings. The van der Waals surface area contributed by atoms with Gasteiger partial charge in [-0.1, -0.05) is 43.5 Å². The van der Waals surface area contributed by atoms with Crippen molar-refractivity contribution in [3.63, 3.8) is 0 Å². The van der Waals surface area contributed by atoms with E-state index in [1.807, 2.05) is 18.2 Å². The summed E-state index contributed by atoms with van der Waals surface area (Å²) in [7, 11) is 0. The predicted molar refractivity (Wildman–Crippen MR) is 100 cm³/mol. The van der Waals surface area contributed by atoms with Crippen molar-refractivity contribution in [3.8, 4) is 11.5 Å². The molecule has 0 aromatic heterocycles. The lowest BCUT2D eigenvalue weighted by molar-refractivity contribution is -0.120. The highest BCUT2D eigenvalue weighted by molar-refractivity contribution is 6.28. The van der Waals surface area contributed by atoms with Crippen LogP contribution >= 0.6 is 0 Å². The van der Waals surface area contributed by atoms with Gasteiger partial charge in [0.15, 0.2) is 5.75 Å². The van der Waals surface area contributed by atoms with Crippen molar-refractivity contribution in [2.24, 2.45) is 0 Å². The number of carbonyl (C=O) groups excluding carboxylic acids is 2. The molecular formula is C22H21NO3. The SMILES string of the molecule is O=C1C=CC(=O)N1c1ccccc1Oc1cccc(C2CCCCC2)c1. The van der Waals surface area contributed by atoms with Gasteiger partial charge in [0.25, 0.3) is 11.8 Å². The van der Waals surface area contributed by atoms with E-state index in [9.17, 15) is 9.59 Å². The number of benzene rings is 2. The highest BCUT2D eigenvalue weighted by atomic mass is 16.5. The van der Waals surface area contributed by atoms with Crippen molar-refractivity contribution < 1.29 is 14.3 Å². The molecular weight excluding hydrogens is 326 g/mol. The van der Waals surface area contributed by atoms with E-state index in [1.54, 1.807) is 18.2 Å². The van der Waals surface area contributed by atoms with Gasteiger partial charge >= 0.3 is 0 Å². The van der Waals surface area contributed by atoms with Gasteiger partial charge in [0.2, 0.25) is 0 Å². The number of nitrogens with zero attached hydrogens (tertiary/aromatic N) is 1. The van der Waals surface area contributed by atoms with Crippen molar-refractivity contribution >= 4 is 17.5 Å². The molecule has 0 saturated heterocycles. The summed E-state index contributed by atoms with van der Waals surface area (Å²) in [5.74, 6) is 1.13. The third kappa shape index (κ3) is 3.27. The lowest BCUT2D eigenvalue weighted by atomic mass is 9.84. The molecule has 0 bridgehead atoms. The summed E-state index contributed by atoms with van der Waals surface area (Å²) in [5, 5.41) is 0. The Morgan fingerprint density at radius 1 is 0.846 bits per heavy atom. The lowest BCUT2D eigenvalue weighted by Gasteiger charge is -2.23. The van der Waals surface area contributed by atoms with Crippen LogP contribution in [0.4, 0.5) is 5.69 Å². The molecule has 0 spiro atoms. The Labute approximate surface area is 153 Å². The highest BCUT2D eigenvalue weighted by Crippen LogP contribution is 2.37. The Kier molecular flexibility index (Phi) is 4.57. The van der Waals surface area contributed by atoms with Crippen molar-refractivity contribution in [2.45, 2.75) is 38.0 Å². The zero-order valence-corrected chi connectivity index (χ0v) is 14.6. The van der Waals surface area contributed by atoms with E-state index in [-0.39, 0.29) is 11.8 Å². The normalized spacial score (nSPS) is 17.8. The number of ether oxygens (including phenoxy) is 1. The molecule has 0 unspecified atom stereocenters. The Morgan fingerprint density at radius 2 is 1.58 bits per heavy atom. The van der Waals surface area contributed by atoms with Gasteiger partial charge in [-0.25, -0.2) is 4.90 Å². The van der Waals surface area contributed by atoms with Gasteiger partial charge in [0, 0.05) is 12.2 Å². The van der Waals surface area contributed by atoms with Gasteiger partial charge < -0.3 is 4.74 Å². The summed E-state index contributed by atoms with van der Waals surface area (Å²) in [6.07, 6.45) is 8.90. The lowest BCUT2D eigenvalue weighted by Crippen LogP contribution is -2.29. The van der Waals surface area contributed by atoms with Crippen LogP contribution in [0, 0.1) is 0 Å². The van der Waals surface area contributed by atoms with Gasteiger partial charge in [-0.05, 0) is 48.6 Å². The molecule has 2 aliphatic rings. The summed E-state index contributed by atoms with van der Waals surface area (Å²) >= 11 is 0.